The highest BCUT2D eigenvalue weighted by Crippen LogP contribution is 2.44. The van der Waals surface area contributed by atoms with Crippen LogP contribution in [0.25, 0.3) is 10.8 Å². The predicted molar refractivity (Wildman–Crippen MR) is 75.6 cm³/mol. The van der Waals surface area contributed by atoms with E-state index in [9.17, 15) is 0 Å². The van der Waals surface area contributed by atoms with Crippen molar-refractivity contribution in [3.05, 3.63) is 48.0 Å². The molecular weight excluding hydrogens is 218 g/mol. The summed E-state index contributed by atoms with van der Waals surface area (Å²) in [7, 11) is 0. The van der Waals surface area contributed by atoms with Gasteiger partial charge < -0.3 is 5.32 Å². The van der Waals surface area contributed by atoms with E-state index < -0.39 is 0 Å². The highest BCUT2D eigenvalue weighted by molar-refractivity contribution is 5.86. The molecule has 1 N–H and O–H groups in total. The van der Waals surface area contributed by atoms with E-state index in [4.69, 9.17) is 0 Å². The van der Waals surface area contributed by atoms with Gasteiger partial charge in [0.2, 0.25) is 0 Å². The molecule has 0 aromatic heterocycles. The Bertz CT molecular complexity index is 580. The van der Waals surface area contributed by atoms with Gasteiger partial charge in [-0.2, -0.15) is 0 Å². The van der Waals surface area contributed by atoms with Gasteiger partial charge in [-0.25, -0.2) is 0 Å². The number of benzene rings is 2. The first-order chi connectivity index (χ1) is 8.87. The van der Waals surface area contributed by atoms with Gasteiger partial charge in [0.25, 0.3) is 0 Å². The molecule has 2 saturated heterocycles. The Kier molecular flexibility index (Phi) is 2.25. The van der Waals surface area contributed by atoms with Crippen LogP contribution in [0.5, 0.6) is 0 Å². The number of rotatable bonds is 1. The number of fused-ring (bicyclic) bond motifs is 3. The summed E-state index contributed by atoms with van der Waals surface area (Å²) in [4.78, 5) is 0. The minimum atomic E-state index is 0.268. The lowest BCUT2D eigenvalue weighted by Crippen LogP contribution is -2.44. The van der Waals surface area contributed by atoms with Crippen molar-refractivity contribution in [3.63, 3.8) is 0 Å². The average molecular weight is 237 g/mol. The Morgan fingerprint density at radius 2 is 1.83 bits per heavy atom. The number of nitrogens with one attached hydrogen (secondary N) is 1. The van der Waals surface area contributed by atoms with E-state index in [1.807, 2.05) is 0 Å². The van der Waals surface area contributed by atoms with Gasteiger partial charge in [-0.3, -0.25) is 0 Å². The normalized spacial score (nSPS) is 30.8. The molecule has 2 aliphatic heterocycles. The van der Waals surface area contributed by atoms with Gasteiger partial charge in [-0.05, 0) is 48.4 Å². The third-order valence-electron chi connectivity index (χ3n) is 4.86. The monoisotopic (exact) mass is 237 g/mol. The van der Waals surface area contributed by atoms with Crippen LogP contribution in [0.3, 0.4) is 0 Å². The molecule has 2 aromatic rings. The van der Waals surface area contributed by atoms with Gasteiger partial charge in [0.05, 0.1) is 0 Å². The average Bonchev–Trinajstić information content (AvgIpc) is 2.74. The zero-order chi connectivity index (χ0) is 12.0. The van der Waals surface area contributed by atoms with Crippen molar-refractivity contribution >= 4 is 10.8 Å². The first-order valence-electron chi connectivity index (χ1n) is 7.13. The van der Waals surface area contributed by atoms with Gasteiger partial charge in [0, 0.05) is 11.6 Å². The molecule has 0 amide bonds. The molecule has 1 nitrogen and oxygen atoms in total. The summed E-state index contributed by atoms with van der Waals surface area (Å²) in [5, 5.41) is 6.73. The Labute approximate surface area is 108 Å². The van der Waals surface area contributed by atoms with Crippen LogP contribution in [-0.2, 0) is 5.54 Å². The molecule has 1 heteroatoms. The Balaban J connectivity index is 1.92. The maximum absolute atomic E-state index is 3.91. The highest BCUT2D eigenvalue weighted by Gasteiger charge is 2.43. The lowest BCUT2D eigenvalue weighted by Gasteiger charge is -2.36. The summed E-state index contributed by atoms with van der Waals surface area (Å²) in [6.07, 6.45) is 6.71. The highest BCUT2D eigenvalue weighted by atomic mass is 15.1. The lowest BCUT2D eigenvalue weighted by molar-refractivity contribution is 0.282. The molecule has 0 spiro atoms. The van der Waals surface area contributed by atoms with E-state index >= 15 is 0 Å². The molecule has 2 atom stereocenters. The first kappa shape index (κ1) is 10.6. The van der Waals surface area contributed by atoms with Crippen molar-refractivity contribution < 1.29 is 0 Å². The molecule has 2 fully saturated rings. The number of hydrogen-bond donors (Lipinski definition) is 1. The minimum Gasteiger partial charge on any atom is -0.305 e. The standard InChI is InChI=1S/C17H19N/c1-2-8-15-13(5-1)6-3-9-16(15)17-11-4-7-14(18-17)10-12-17/h1-3,5-6,8-9,14,18H,4,7,10-12H2. The predicted octanol–water partition coefficient (Wildman–Crippen LogP) is 3.97. The van der Waals surface area contributed by atoms with E-state index in [-0.39, 0.29) is 5.54 Å². The molecule has 2 aromatic carbocycles. The lowest BCUT2D eigenvalue weighted by atomic mass is 9.81. The maximum Gasteiger partial charge on any atom is 0.0443 e. The quantitative estimate of drug-likeness (QED) is 0.791. The molecule has 2 unspecified atom stereocenters. The SMILES string of the molecule is c1ccc2c(C34CCCC(CC3)N4)cccc2c1. The number of hydrogen-bond acceptors (Lipinski definition) is 1. The second-order valence-corrected chi connectivity index (χ2v) is 5.88. The van der Waals surface area contributed by atoms with Gasteiger partial charge in [-0.1, -0.05) is 42.5 Å². The van der Waals surface area contributed by atoms with Crippen LogP contribution >= 0.6 is 0 Å². The summed E-state index contributed by atoms with van der Waals surface area (Å²) in [6, 6.07) is 16.3. The Hall–Kier alpha value is -1.34. The van der Waals surface area contributed by atoms with Gasteiger partial charge in [0.15, 0.2) is 0 Å². The van der Waals surface area contributed by atoms with E-state index in [1.54, 1.807) is 0 Å². The van der Waals surface area contributed by atoms with Crippen LogP contribution in [0, 0.1) is 0 Å². The van der Waals surface area contributed by atoms with Crippen molar-refractivity contribution in [2.24, 2.45) is 0 Å². The molecular formula is C17H19N. The zero-order valence-corrected chi connectivity index (χ0v) is 10.7. The van der Waals surface area contributed by atoms with E-state index in [0.29, 0.717) is 0 Å². The fourth-order valence-corrected chi connectivity index (χ4v) is 4.01. The Morgan fingerprint density at radius 1 is 0.944 bits per heavy atom. The molecule has 2 bridgehead atoms. The van der Waals surface area contributed by atoms with Crippen molar-refractivity contribution in [2.75, 3.05) is 0 Å². The van der Waals surface area contributed by atoms with Crippen molar-refractivity contribution in [2.45, 2.75) is 43.7 Å². The van der Waals surface area contributed by atoms with Crippen LogP contribution in [0.1, 0.15) is 37.7 Å². The van der Waals surface area contributed by atoms with Crippen LogP contribution in [0.2, 0.25) is 0 Å². The van der Waals surface area contributed by atoms with Gasteiger partial charge >= 0.3 is 0 Å². The molecule has 92 valence electrons. The van der Waals surface area contributed by atoms with Crippen LogP contribution in [-0.4, -0.2) is 6.04 Å². The largest absolute Gasteiger partial charge is 0.305 e. The van der Waals surface area contributed by atoms with Gasteiger partial charge in [0.1, 0.15) is 0 Å². The summed E-state index contributed by atoms with van der Waals surface area (Å²) in [5.41, 5.74) is 1.80. The second kappa shape index (κ2) is 3.83. The summed E-state index contributed by atoms with van der Waals surface area (Å²) < 4.78 is 0. The van der Waals surface area contributed by atoms with E-state index in [0.717, 1.165) is 6.04 Å². The second-order valence-electron chi connectivity index (χ2n) is 5.88. The van der Waals surface area contributed by atoms with Crippen LogP contribution < -0.4 is 5.32 Å². The van der Waals surface area contributed by atoms with Gasteiger partial charge in [-0.15, -0.1) is 0 Å². The van der Waals surface area contributed by atoms with E-state index in [1.165, 1.54) is 48.4 Å². The van der Waals surface area contributed by atoms with Crippen LogP contribution in [0.15, 0.2) is 42.5 Å². The van der Waals surface area contributed by atoms with Crippen molar-refractivity contribution in [1.29, 1.82) is 0 Å². The third-order valence-corrected chi connectivity index (χ3v) is 4.86. The molecule has 4 rings (SSSR count). The number of piperidine rings is 1. The molecule has 0 aliphatic carbocycles. The fourth-order valence-electron chi connectivity index (χ4n) is 4.01. The molecule has 18 heavy (non-hydrogen) atoms. The molecule has 2 aliphatic rings. The summed E-state index contributed by atoms with van der Waals surface area (Å²) in [5.74, 6) is 0. The zero-order valence-electron chi connectivity index (χ0n) is 10.7. The Morgan fingerprint density at radius 3 is 2.83 bits per heavy atom. The van der Waals surface area contributed by atoms with E-state index in [2.05, 4.69) is 47.8 Å². The molecule has 0 radical (unpaired) electrons. The first-order valence-corrected chi connectivity index (χ1v) is 7.13. The molecule has 2 heterocycles. The van der Waals surface area contributed by atoms with Crippen LogP contribution in [0.4, 0.5) is 0 Å². The third kappa shape index (κ3) is 1.44. The summed E-state index contributed by atoms with van der Waals surface area (Å²) in [6.45, 7) is 0. The maximum atomic E-state index is 3.91. The van der Waals surface area contributed by atoms with Crippen molar-refractivity contribution in [3.8, 4) is 0 Å². The smallest absolute Gasteiger partial charge is 0.0443 e. The summed E-state index contributed by atoms with van der Waals surface area (Å²) >= 11 is 0. The molecule has 0 saturated carbocycles. The fraction of sp³-hybridized carbons (Fsp3) is 0.412. The minimum absolute atomic E-state index is 0.268. The topological polar surface area (TPSA) is 12.0 Å². The van der Waals surface area contributed by atoms with Crippen molar-refractivity contribution in [1.82, 2.24) is 5.32 Å².